The monoisotopic (exact) mass is 243 g/mol. The molecule has 5 heteroatoms. The first-order valence-electron chi connectivity index (χ1n) is 5.17. The van der Waals surface area contributed by atoms with Gasteiger partial charge in [0.25, 0.3) is 5.69 Å². The molecule has 2 aromatic rings. The number of hydrogen-bond acceptors (Lipinski definition) is 3. The molecular formula is C13H9NO4. The molecule has 0 aliphatic carbocycles. The Hall–Kier alpha value is -2.69. The Bertz CT molecular complexity index is 605. The molecule has 0 bridgehead atoms. The van der Waals surface area contributed by atoms with Crippen molar-refractivity contribution in [3.05, 3.63) is 64.2 Å². The second kappa shape index (κ2) is 4.67. The van der Waals surface area contributed by atoms with E-state index in [4.69, 9.17) is 5.11 Å². The van der Waals surface area contributed by atoms with Gasteiger partial charge in [0.15, 0.2) is 0 Å². The predicted molar refractivity (Wildman–Crippen MR) is 65.5 cm³/mol. The first-order valence-corrected chi connectivity index (χ1v) is 5.17. The molecule has 0 unspecified atom stereocenters. The van der Waals surface area contributed by atoms with E-state index in [1.54, 1.807) is 30.3 Å². The summed E-state index contributed by atoms with van der Waals surface area (Å²) in [5.41, 5.74) is 1.33. The summed E-state index contributed by atoms with van der Waals surface area (Å²) in [5, 5.41) is 19.6. The zero-order valence-corrected chi connectivity index (χ0v) is 9.24. The van der Waals surface area contributed by atoms with Gasteiger partial charge in [0.05, 0.1) is 10.5 Å². The van der Waals surface area contributed by atoms with E-state index in [1.807, 2.05) is 0 Å². The molecule has 0 spiro atoms. The second-order valence-electron chi connectivity index (χ2n) is 3.65. The van der Waals surface area contributed by atoms with Gasteiger partial charge < -0.3 is 5.11 Å². The third-order valence-electron chi connectivity index (χ3n) is 2.55. The molecule has 0 aromatic heterocycles. The third-order valence-corrected chi connectivity index (χ3v) is 2.55. The van der Waals surface area contributed by atoms with Gasteiger partial charge in [-0.1, -0.05) is 18.2 Å². The second-order valence-corrected chi connectivity index (χ2v) is 3.65. The molecule has 18 heavy (non-hydrogen) atoms. The van der Waals surface area contributed by atoms with Gasteiger partial charge in [-0.15, -0.1) is 0 Å². The van der Waals surface area contributed by atoms with Crippen LogP contribution in [0.25, 0.3) is 11.1 Å². The van der Waals surface area contributed by atoms with Crippen LogP contribution in [0.1, 0.15) is 10.4 Å². The molecule has 0 amide bonds. The fourth-order valence-corrected chi connectivity index (χ4v) is 1.68. The number of carboxylic acid groups (broad SMARTS) is 1. The maximum absolute atomic E-state index is 11.1. The number of nitrogens with zero attached hydrogens (tertiary/aromatic N) is 1. The Balaban J connectivity index is 2.49. The Labute approximate surface area is 102 Å². The van der Waals surface area contributed by atoms with Gasteiger partial charge in [0, 0.05) is 12.1 Å². The molecule has 0 atom stereocenters. The highest BCUT2D eigenvalue weighted by atomic mass is 16.6. The average Bonchev–Trinajstić information content (AvgIpc) is 2.39. The van der Waals surface area contributed by atoms with E-state index in [0.29, 0.717) is 11.1 Å². The summed E-state index contributed by atoms with van der Waals surface area (Å²) in [6.07, 6.45) is 0. The van der Waals surface area contributed by atoms with Crippen LogP contribution in [-0.4, -0.2) is 16.0 Å². The van der Waals surface area contributed by atoms with Crippen molar-refractivity contribution in [3.63, 3.8) is 0 Å². The number of nitro groups is 1. The summed E-state index contributed by atoms with van der Waals surface area (Å²) in [6, 6.07) is 12.3. The lowest BCUT2D eigenvalue weighted by atomic mass is 10.00. The Morgan fingerprint density at radius 1 is 1.06 bits per heavy atom. The van der Waals surface area contributed by atoms with E-state index in [2.05, 4.69) is 0 Å². The van der Waals surface area contributed by atoms with Crippen molar-refractivity contribution in [2.24, 2.45) is 0 Å². The normalized spacial score (nSPS) is 10.0. The molecule has 90 valence electrons. The van der Waals surface area contributed by atoms with E-state index in [-0.39, 0.29) is 11.3 Å². The van der Waals surface area contributed by atoms with Crippen molar-refractivity contribution in [1.29, 1.82) is 0 Å². The molecule has 5 nitrogen and oxygen atoms in total. The smallest absolute Gasteiger partial charge is 0.336 e. The molecule has 1 N–H and O–H groups in total. The van der Waals surface area contributed by atoms with Crippen LogP contribution in [0.2, 0.25) is 0 Å². The summed E-state index contributed by atoms with van der Waals surface area (Å²) in [7, 11) is 0. The lowest BCUT2D eigenvalue weighted by Crippen LogP contribution is -1.99. The number of carbonyl (C=O) groups is 1. The molecule has 2 aromatic carbocycles. The van der Waals surface area contributed by atoms with Gasteiger partial charge in [-0.25, -0.2) is 4.79 Å². The molecule has 0 heterocycles. The van der Waals surface area contributed by atoms with Gasteiger partial charge in [0.2, 0.25) is 0 Å². The van der Waals surface area contributed by atoms with Gasteiger partial charge in [-0.3, -0.25) is 10.1 Å². The summed E-state index contributed by atoms with van der Waals surface area (Å²) >= 11 is 0. The Morgan fingerprint density at radius 2 is 1.67 bits per heavy atom. The maximum Gasteiger partial charge on any atom is 0.336 e. The van der Waals surface area contributed by atoms with Crippen LogP contribution in [0.5, 0.6) is 0 Å². The van der Waals surface area contributed by atoms with Gasteiger partial charge in [-0.05, 0) is 29.3 Å². The number of rotatable bonds is 3. The number of carboxylic acids is 1. The van der Waals surface area contributed by atoms with Crippen LogP contribution in [0.15, 0.2) is 48.5 Å². The third kappa shape index (κ3) is 2.20. The van der Waals surface area contributed by atoms with Crippen LogP contribution in [-0.2, 0) is 0 Å². The van der Waals surface area contributed by atoms with E-state index >= 15 is 0 Å². The Morgan fingerprint density at radius 3 is 2.22 bits per heavy atom. The van der Waals surface area contributed by atoms with E-state index in [1.165, 1.54) is 18.2 Å². The van der Waals surface area contributed by atoms with Crippen LogP contribution >= 0.6 is 0 Å². The number of non-ortho nitro benzene ring substituents is 1. The average molecular weight is 243 g/mol. The first-order chi connectivity index (χ1) is 8.59. The minimum Gasteiger partial charge on any atom is -0.478 e. The lowest BCUT2D eigenvalue weighted by Gasteiger charge is -2.05. The van der Waals surface area contributed by atoms with Crippen LogP contribution < -0.4 is 0 Å². The Kier molecular flexibility index (Phi) is 3.05. The molecule has 0 saturated heterocycles. The van der Waals surface area contributed by atoms with Gasteiger partial charge in [-0.2, -0.15) is 0 Å². The fourth-order valence-electron chi connectivity index (χ4n) is 1.68. The topological polar surface area (TPSA) is 80.4 Å². The van der Waals surface area contributed by atoms with Crippen molar-refractivity contribution < 1.29 is 14.8 Å². The minimum atomic E-state index is -1.02. The standard InChI is InChI=1S/C13H9NO4/c15-13(16)12-4-2-1-3-11(12)9-5-7-10(8-6-9)14(17)18/h1-8H,(H,15,16). The van der Waals surface area contributed by atoms with Crippen molar-refractivity contribution in [1.82, 2.24) is 0 Å². The van der Waals surface area contributed by atoms with Gasteiger partial charge >= 0.3 is 5.97 Å². The zero-order chi connectivity index (χ0) is 13.1. The predicted octanol–water partition coefficient (Wildman–Crippen LogP) is 2.96. The van der Waals surface area contributed by atoms with Gasteiger partial charge in [0.1, 0.15) is 0 Å². The molecule has 2 rings (SSSR count). The highest BCUT2D eigenvalue weighted by Crippen LogP contribution is 2.25. The van der Waals surface area contributed by atoms with Crippen molar-refractivity contribution in [2.45, 2.75) is 0 Å². The fraction of sp³-hybridized carbons (Fsp3) is 0. The molecular weight excluding hydrogens is 234 g/mol. The largest absolute Gasteiger partial charge is 0.478 e. The lowest BCUT2D eigenvalue weighted by molar-refractivity contribution is -0.384. The van der Waals surface area contributed by atoms with Crippen molar-refractivity contribution >= 4 is 11.7 Å². The molecule has 0 radical (unpaired) electrons. The van der Waals surface area contributed by atoms with Crippen LogP contribution in [0.4, 0.5) is 5.69 Å². The SMILES string of the molecule is O=C(O)c1ccccc1-c1ccc([N+](=O)[O-])cc1. The maximum atomic E-state index is 11.1. The molecule has 0 saturated carbocycles. The zero-order valence-electron chi connectivity index (χ0n) is 9.24. The number of aromatic carboxylic acids is 1. The van der Waals surface area contributed by atoms with Crippen LogP contribution in [0.3, 0.4) is 0 Å². The summed E-state index contributed by atoms with van der Waals surface area (Å²) in [6.45, 7) is 0. The number of nitro benzene ring substituents is 1. The summed E-state index contributed by atoms with van der Waals surface area (Å²) in [5.74, 6) is -1.02. The van der Waals surface area contributed by atoms with E-state index < -0.39 is 10.9 Å². The van der Waals surface area contributed by atoms with Crippen LogP contribution in [0, 0.1) is 10.1 Å². The molecule has 0 fully saturated rings. The van der Waals surface area contributed by atoms with E-state index in [0.717, 1.165) is 0 Å². The summed E-state index contributed by atoms with van der Waals surface area (Å²) in [4.78, 5) is 21.1. The van der Waals surface area contributed by atoms with Crippen molar-refractivity contribution in [2.75, 3.05) is 0 Å². The highest BCUT2D eigenvalue weighted by molar-refractivity contribution is 5.96. The number of hydrogen-bond donors (Lipinski definition) is 1. The number of benzene rings is 2. The molecule has 0 aliphatic heterocycles. The molecule has 0 aliphatic rings. The van der Waals surface area contributed by atoms with Crippen molar-refractivity contribution in [3.8, 4) is 11.1 Å². The quantitative estimate of drug-likeness (QED) is 0.663. The first kappa shape index (κ1) is 11.8. The summed E-state index contributed by atoms with van der Waals surface area (Å²) < 4.78 is 0. The minimum absolute atomic E-state index is 0.0217. The van der Waals surface area contributed by atoms with E-state index in [9.17, 15) is 14.9 Å². The highest BCUT2D eigenvalue weighted by Gasteiger charge is 2.11.